The summed E-state index contributed by atoms with van der Waals surface area (Å²) in [6, 6.07) is 14.1. The third kappa shape index (κ3) is 3.68. The van der Waals surface area contributed by atoms with Crippen LogP contribution < -0.4 is 0 Å². The molecule has 0 radical (unpaired) electrons. The molecular formula is C21H22N4O. The Bertz CT molecular complexity index is 908. The van der Waals surface area contributed by atoms with Crippen molar-refractivity contribution in [2.24, 2.45) is 0 Å². The van der Waals surface area contributed by atoms with Crippen molar-refractivity contribution >= 4 is 17.6 Å². The fourth-order valence-electron chi connectivity index (χ4n) is 3.26. The smallest absolute Gasteiger partial charge is 0.255 e. The molecule has 3 aromatic rings. The Labute approximate surface area is 153 Å². The van der Waals surface area contributed by atoms with E-state index in [0.29, 0.717) is 5.56 Å². The maximum Gasteiger partial charge on any atom is 0.255 e. The van der Waals surface area contributed by atoms with Gasteiger partial charge in [-0.3, -0.25) is 9.69 Å². The lowest BCUT2D eigenvalue weighted by Crippen LogP contribution is -2.48. The molecular weight excluding hydrogens is 324 g/mol. The maximum atomic E-state index is 12.7. The van der Waals surface area contributed by atoms with Crippen molar-refractivity contribution in [1.29, 1.82) is 0 Å². The van der Waals surface area contributed by atoms with Crippen molar-refractivity contribution in [3.8, 4) is 0 Å². The average molecular weight is 346 g/mol. The van der Waals surface area contributed by atoms with Gasteiger partial charge in [0.05, 0.1) is 5.56 Å². The maximum absolute atomic E-state index is 12.7. The zero-order valence-electron chi connectivity index (χ0n) is 14.7. The normalized spacial score (nSPS) is 15.8. The molecule has 2 aromatic heterocycles. The lowest BCUT2D eigenvalue weighted by atomic mass is 10.2. The number of carbonyl (C=O) groups is 1. The van der Waals surface area contributed by atoms with E-state index in [2.05, 4.69) is 34.2 Å². The van der Waals surface area contributed by atoms with Crippen LogP contribution in [0.5, 0.6) is 0 Å². The number of amides is 1. The van der Waals surface area contributed by atoms with E-state index < -0.39 is 0 Å². The summed E-state index contributed by atoms with van der Waals surface area (Å²) in [5.41, 5.74) is 2.79. The van der Waals surface area contributed by atoms with Crippen molar-refractivity contribution in [3.63, 3.8) is 0 Å². The van der Waals surface area contributed by atoms with Crippen molar-refractivity contribution in [3.05, 3.63) is 78.3 Å². The van der Waals surface area contributed by atoms with Crippen LogP contribution in [0.3, 0.4) is 0 Å². The Morgan fingerprint density at radius 2 is 1.85 bits per heavy atom. The second-order valence-electron chi connectivity index (χ2n) is 6.52. The van der Waals surface area contributed by atoms with Gasteiger partial charge in [0.2, 0.25) is 0 Å². The molecule has 4 rings (SSSR count). The molecule has 3 heterocycles. The zero-order valence-corrected chi connectivity index (χ0v) is 14.7. The van der Waals surface area contributed by atoms with E-state index in [0.717, 1.165) is 38.4 Å². The molecule has 0 bridgehead atoms. The van der Waals surface area contributed by atoms with Gasteiger partial charge in [-0.25, -0.2) is 4.98 Å². The second-order valence-corrected chi connectivity index (χ2v) is 6.52. The van der Waals surface area contributed by atoms with Crippen LogP contribution >= 0.6 is 0 Å². The van der Waals surface area contributed by atoms with Crippen LogP contribution in [0.2, 0.25) is 0 Å². The molecule has 5 nitrogen and oxygen atoms in total. The van der Waals surface area contributed by atoms with Gasteiger partial charge in [-0.15, -0.1) is 0 Å². The summed E-state index contributed by atoms with van der Waals surface area (Å²) in [5.74, 6) is 0.0973. The number of hydrogen-bond acceptors (Lipinski definition) is 3. The molecule has 26 heavy (non-hydrogen) atoms. The van der Waals surface area contributed by atoms with Gasteiger partial charge in [-0.05, 0) is 17.7 Å². The number of carbonyl (C=O) groups excluding carboxylic acids is 1. The number of hydrogen-bond donors (Lipinski definition) is 0. The minimum Gasteiger partial charge on any atom is -0.336 e. The molecule has 1 amide bonds. The van der Waals surface area contributed by atoms with Gasteiger partial charge in [0.15, 0.2) is 0 Å². The topological polar surface area (TPSA) is 40.9 Å². The number of piperazine rings is 1. The predicted octanol–water partition coefficient (Wildman–Crippen LogP) is 2.81. The highest BCUT2D eigenvalue weighted by Gasteiger charge is 2.21. The average Bonchev–Trinajstić information content (AvgIpc) is 3.17. The van der Waals surface area contributed by atoms with E-state index in [4.69, 9.17) is 0 Å². The minimum atomic E-state index is 0.0973. The third-order valence-corrected chi connectivity index (χ3v) is 4.77. The first-order valence-electron chi connectivity index (χ1n) is 8.95. The molecule has 0 aliphatic carbocycles. The summed E-state index contributed by atoms with van der Waals surface area (Å²) < 4.78 is 1.89. The van der Waals surface area contributed by atoms with E-state index >= 15 is 0 Å². The first-order valence-corrected chi connectivity index (χ1v) is 8.95. The highest BCUT2D eigenvalue weighted by molar-refractivity contribution is 5.94. The molecule has 0 spiro atoms. The standard InChI is InChI=1S/C21H22N4O/c26-21(19-8-9-20-22-10-12-25(20)17-19)24-15-13-23(14-16-24)11-4-7-18-5-2-1-3-6-18/h1-10,12,17H,11,13-16H2. The van der Waals surface area contributed by atoms with Crippen LogP contribution in [-0.2, 0) is 0 Å². The lowest BCUT2D eigenvalue weighted by Gasteiger charge is -2.34. The summed E-state index contributed by atoms with van der Waals surface area (Å²) in [6.07, 6.45) is 9.81. The molecule has 1 fully saturated rings. The predicted molar refractivity (Wildman–Crippen MR) is 103 cm³/mol. The monoisotopic (exact) mass is 346 g/mol. The first-order chi connectivity index (χ1) is 12.8. The van der Waals surface area contributed by atoms with Crippen molar-refractivity contribution < 1.29 is 4.79 Å². The van der Waals surface area contributed by atoms with Gasteiger partial charge in [0.1, 0.15) is 5.65 Å². The Kier molecular flexibility index (Phi) is 4.80. The number of fused-ring (bicyclic) bond motifs is 1. The number of benzene rings is 1. The highest BCUT2D eigenvalue weighted by Crippen LogP contribution is 2.11. The van der Waals surface area contributed by atoms with Crippen LogP contribution in [0.25, 0.3) is 11.7 Å². The fraction of sp³-hybridized carbons (Fsp3) is 0.238. The molecule has 5 heteroatoms. The summed E-state index contributed by atoms with van der Waals surface area (Å²) in [7, 11) is 0. The SMILES string of the molecule is O=C(c1ccc2nccn2c1)N1CCN(CC=Cc2ccccc2)CC1. The number of aromatic nitrogens is 2. The van der Waals surface area contributed by atoms with Crippen LogP contribution in [0.1, 0.15) is 15.9 Å². The number of pyridine rings is 1. The van der Waals surface area contributed by atoms with Gasteiger partial charge in [0.25, 0.3) is 5.91 Å². The van der Waals surface area contributed by atoms with E-state index in [1.807, 2.05) is 52.0 Å². The molecule has 1 saturated heterocycles. The second kappa shape index (κ2) is 7.54. The van der Waals surface area contributed by atoms with E-state index in [-0.39, 0.29) is 5.91 Å². The Hall–Kier alpha value is -2.92. The van der Waals surface area contributed by atoms with Crippen LogP contribution in [0.4, 0.5) is 0 Å². The van der Waals surface area contributed by atoms with Gasteiger partial charge in [-0.2, -0.15) is 0 Å². The van der Waals surface area contributed by atoms with Crippen molar-refractivity contribution in [2.75, 3.05) is 32.7 Å². The molecule has 1 aromatic carbocycles. The molecule has 132 valence electrons. The summed E-state index contributed by atoms with van der Waals surface area (Å²) in [4.78, 5) is 21.3. The van der Waals surface area contributed by atoms with Crippen LogP contribution in [0.15, 0.2) is 67.1 Å². The van der Waals surface area contributed by atoms with Gasteiger partial charge >= 0.3 is 0 Å². The van der Waals surface area contributed by atoms with Gasteiger partial charge < -0.3 is 9.30 Å². The molecule has 0 saturated carbocycles. The summed E-state index contributed by atoms with van der Waals surface area (Å²) in [6.45, 7) is 4.24. The zero-order chi connectivity index (χ0) is 17.8. The molecule has 0 N–H and O–H groups in total. The third-order valence-electron chi connectivity index (χ3n) is 4.77. The Balaban J connectivity index is 1.31. The quantitative estimate of drug-likeness (QED) is 0.729. The van der Waals surface area contributed by atoms with Gasteiger partial charge in [-0.1, -0.05) is 42.5 Å². The molecule has 1 aliphatic rings. The fourth-order valence-corrected chi connectivity index (χ4v) is 3.26. The molecule has 0 atom stereocenters. The largest absolute Gasteiger partial charge is 0.336 e. The van der Waals surface area contributed by atoms with E-state index in [1.165, 1.54) is 5.56 Å². The van der Waals surface area contributed by atoms with Crippen molar-refractivity contribution in [1.82, 2.24) is 19.2 Å². The van der Waals surface area contributed by atoms with Crippen LogP contribution in [-0.4, -0.2) is 57.8 Å². The van der Waals surface area contributed by atoms with Gasteiger partial charge in [0, 0.05) is 51.3 Å². The van der Waals surface area contributed by atoms with E-state index in [9.17, 15) is 4.79 Å². The summed E-state index contributed by atoms with van der Waals surface area (Å²) >= 11 is 0. The number of rotatable bonds is 4. The minimum absolute atomic E-state index is 0.0973. The number of nitrogens with zero attached hydrogens (tertiary/aromatic N) is 4. The Morgan fingerprint density at radius 1 is 1.04 bits per heavy atom. The van der Waals surface area contributed by atoms with Crippen LogP contribution in [0, 0.1) is 0 Å². The number of imidazole rings is 1. The Morgan fingerprint density at radius 3 is 2.65 bits per heavy atom. The van der Waals surface area contributed by atoms with E-state index in [1.54, 1.807) is 6.20 Å². The highest BCUT2D eigenvalue weighted by atomic mass is 16.2. The lowest BCUT2D eigenvalue weighted by molar-refractivity contribution is 0.0650. The molecule has 1 aliphatic heterocycles. The van der Waals surface area contributed by atoms with Crippen molar-refractivity contribution in [2.45, 2.75) is 0 Å². The molecule has 0 unspecified atom stereocenters. The first kappa shape index (κ1) is 16.5. The summed E-state index contributed by atoms with van der Waals surface area (Å²) in [5, 5.41) is 0.